The van der Waals surface area contributed by atoms with E-state index in [0.717, 1.165) is 39.9 Å². The van der Waals surface area contributed by atoms with Gasteiger partial charge in [0.1, 0.15) is 5.00 Å². The molecule has 1 amide bonds. The third kappa shape index (κ3) is 6.39. The number of halogens is 2. The Morgan fingerprint density at radius 2 is 2.00 bits per heavy atom. The fourth-order valence-electron chi connectivity index (χ4n) is 4.62. The number of carbonyl (C=O) groups excluding carboxylic acids is 1. The fourth-order valence-corrected chi connectivity index (χ4v) is 6.64. The van der Waals surface area contributed by atoms with Crippen LogP contribution in [0.5, 0.6) is 11.5 Å². The van der Waals surface area contributed by atoms with Crippen molar-refractivity contribution < 1.29 is 14.3 Å². The minimum absolute atomic E-state index is 0.146. The normalized spacial score (nSPS) is 15.5. The summed E-state index contributed by atoms with van der Waals surface area (Å²) in [6, 6.07) is 11.0. The smallest absolute Gasteiger partial charge is 0.259 e. The largest absolute Gasteiger partial charge is 0.492 e. The van der Waals surface area contributed by atoms with Crippen molar-refractivity contribution in [1.82, 2.24) is 0 Å². The number of nitrogens with zero attached hydrogens (tertiary/aromatic N) is 1. The van der Waals surface area contributed by atoms with Crippen LogP contribution in [0.4, 0.5) is 10.7 Å². The molecule has 4 rings (SSSR count). The Balaban J connectivity index is 1.72. The first-order valence-electron chi connectivity index (χ1n) is 12.4. The number of nitrogens with one attached hydrogen (secondary N) is 1. The molecule has 0 spiro atoms. The first kappa shape index (κ1) is 27.7. The van der Waals surface area contributed by atoms with E-state index in [1.165, 1.54) is 4.88 Å². The molecule has 196 valence electrons. The summed E-state index contributed by atoms with van der Waals surface area (Å²) in [6.07, 6.45) is 4.67. The summed E-state index contributed by atoms with van der Waals surface area (Å²) in [5.41, 5.74) is 3.54. The van der Waals surface area contributed by atoms with Gasteiger partial charge in [-0.2, -0.15) is 0 Å². The molecule has 0 unspecified atom stereocenters. The Kier molecular flexibility index (Phi) is 8.66. The Bertz CT molecular complexity index is 1310. The zero-order chi connectivity index (χ0) is 26.7. The van der Waals surface area contributed by atoms with Crippen LogP contribution in [-0.4, -0.2) is 25.8 Å². The van der Waals surface area contributed by atoms with E-state index in [1.54, 1.807) is 36.8 Å². The minimum atomic E-state index is -0.146. The van der Waals surface area contributed by atoms with Gasteiger partial charge in [0.15, 0.2) is 11.5 Å². The topological polar surface area (TPSA) is 59.9 Å². The molecule has 1 N–H and O–H groups in total. The van der Waals surface area contributed by atoms with Gasteiger partial charge in [0.2, 0.25) is 0 Å². The molecule has 0 fully saturated rings. The molecule has 0 radical (unpaired) electrons. The van der Waals surface area contributed by atoms with Crippen LogP contribution in [0, 0.1) is 11.3 Å². The maximum atomic E-state index is 13.6. The number of hydrogen-bond donors (Lipinski definition) is 1. The third-order valence-corrected chi connectivity index (χ3v) is 8.67. The van der Waals surface area contributed by atoms with Crippen LogP contribution in [0.2, 0.25) is 5.02 Å². The summed E-state index contributed by atoms with van der Waals surface area (Å²) in [5, 5.41) is 4.39. The zero-order valence-corrected chi connectivity index (χ0v) is 24.9. The van der Waals surface area contributed by atoms with Gasteiger partial charge in [-0.15, -0.1) is 11.3 Å². The van der Waals surface area contributed by atoms with Gasteiger partial charge >= 0.3 is 0 Å². The lowest BCUT2D eigenvalue weighted by molar-refractivity contribution is 0.102. The van der Waals surface area contributed by atoms with Gasteiger partial charge in [-0.1, -0.05) is 32.4 Å². The highest BCUT2D eigenvalue weighted by Gasteiger charge is 2.33. The van der Waals surface area contributed by atoms with Crippen LogP contribution in [0.15, 0.2) is 45.9 Å². The van der Waals surface area contributed by atoms with Crippen molar-refractivity contribution in [2.24, 2.45) is 16.3 Å². The van der Waals surface area contributed by atoms with Gasteiger partial charge in [0, 0.05) is 21.8 Å². The molecule has 0 saturated carbocycles. The van der Waals surface area contributed by atoms with E-state index >= 15 is 0 Å². The van der Waals surface area contributed by atoms with Gasteiger partial charge in [-0.05, 0) is 101 Å². The summed E-state index contributed by atoms with van der Waals surface area (Å²) >= 11 is 11.2. The maximum Gasteiger partial charge on any atom is 0.259 e. The van der Waals surface area contributed by atoms with Gasteiger partial charge in [-0.3, -0.25) is 4.79 Å². The highest BCUT2D eigenvalue weighted by atomic mass is 79.9. The van der Waals surface area contributed by atoms with Gasteiger partial charge < -0.3 is 14.8 Å². The molecular formula is C29H32BrClN2O3S. The predicted molar refractivity (Wildman–Crippen MR) is 158 cm³/mol. The monoisotopic (exact) mass is 602 g/mol. The molecule has 2 aromatic carbocycles. The minimum Gasteiger partial charge on any atom is -0.492 e. The molecular weight excluding hydrogens is 572 g/mol. The molecule has 37 heavy (non-hydrogen) atoms. The molecule has 1 aliphatic rings. The van der Waals surface area contributed by atoms with Crippen LogP contribution < -0.4 is 14.8 Å². The number of rotatable bonds is 7. The highest BCUT2D eigenvalue weighted by molar-refractivity contribution is 9.10. The summed E-state index contributed by atoms with van der Waals surface area (Å²) in [4.78, 5) is 19.7. The summed E-state index contributed by atoms with van der Waals surface area (Å²) < 4.78 is 12.0. The second-order valence-electron chi connectivity index (χ2n) is 10.2. The molecule has 1 aromatic heterocycles. The van der Waals surface area contributed by atoms with E-state index in [1.807, 2.05) is 31.2 Å². The number of hydrogen-bond acceptors (Lipinski definition) is 5. The van der Waals surface area contributed by atoms with Crippen molar-refractivity contribution in [1.29, 1.82) is 0 Å². The molecule has 1 aliphatic carbocycles. The Morgan fingerprint density at radius 3 is 2.65 bits per heavy atom. The number of benzene rings is 2. The average Bonchev–Trinajstić information content (AvgIpc) is 3.21. The fraction of sp³-hybridized carbons (Fsp3) is 0.379. The first-order chi connectivity index (χ1) is 17.6. The van der Waals surface area contributed by atoms with Crippen molar-refractivity contribution in [3.8, 4) is 11.5 Å². The van der Waals surface area contributed by atoms with Crippen LogP contribution in [0.25, 0.3) is 0 Å². The molecule has 3 aromatic rings. The SMILES string of the molecule is CCOc1cc(C=Nc2sc3c(c2C(=O)Nc2ccc(Cl)cc2)CC[C@H](C(C)(C)C)C3)cc(Br)c1OC. The van der Waals surface area contributed by atoms with Gasteiger partial charge in [0.25, 0.3) is 5.91 Å². The lowest BCUT2D eigenvalue weighted by Crippen LogP contribution is -2.27. The van der Waals surface area contributed by atoms with Gasteiger partial charge in [-0.25, -0.2) is 4.99 Å². The first-order valence-corrected chi connectivity index (χ1v) is 14.3. The number of amides is 1. The lowest BCUT2D eigenvalue weighted by Gasteiger charge is -2.33. The Labute approximate surface area is 236 Å². The van der Waals surface area contributed by atoms with E-state index in [4.69, 9.17) is 26.1 Å². The van der Waals surface area contributed by atoms with Crippen molar-refractivity contribution in [3.63, 3.8) is 0 Å². The Morgan fingerprint density at radius 1 is 1.27 bits per heavy atom. The van der Waals surface area contributed by atoms with E-state index < -0.39 is 0 Å². The van der Waals surface area contributed by atoms with E-state index in [9.17, 15) is 4.79 Å². The average molecular weight is 604 g/mol. The Hall–Kier alpha value is -2.35. The van der Waals surface area contributed by atoms with Crippen molar-refractivity contribution in [2.45, 2.75) is 47.0 Å². The molecule has 0 bridgehead atoms. The van der Waals surface area contributed by atoms with E-state index in [2.05, 4.69) is 42.0 Å². The quantitative estimate of drug-likeness (QED) is 0.275. The number of anilines is 1. The van der Waals surface area contributed by atoms with Crippen LogP contribution in [0.3, 0.4) is 0 Å². The number of aliphatic imine (C=N–C) groups is 1. The molecule has 1 heterocycles. The molecule has 5 nitrogen and oxygen atoms in total. The maximum absolute atomic E-state index is 13.6. The lowest BCUT2D eigenvalue weighted by atomic mass is 9.72. The molecule has 1 atom stereocenters. The predicted octanol–water partition coefficient (Wildman–Crippen LogP) is 8.73. The summed E-state index contributed by atoms with van der Waals surface area (Å²) in [7, 11) is 1.61. The molecule has 8 heteroatoms. The van der Waals surface area contributed by atoms with Gasteiger partial charge in [0.05, 0.1) is 23.8 Å². The van der Waals surface area contributed by atoms with E-state index in [0.29, 0.717) is 40.3 Å². The zero-order valence-electron chi connectivity index (χ0n) is 21.8. The summed E-state index contributed by atoms with van der Waals surface area (Å²) in [6.45, 7) is 9.33. The second kappa shape index (κ2) is 11.6. The molecule has 0 aliphatic heterocycles. The number of thiophene rings is 1. The van der Waals surface area contributed by atoms with E-state index in [-0.39, 0.29) is 11.3 Å². The number of methoxy groups -OCH3 is 1. The van der Waals surface area contributed by atoms with Crippen molar-refractivity contribution in [2.75, 3.05) is 19.0 Å². The van der Waals surface area contributed by atoms with Crippen LogP contribution in [0.1, 0.15) is 60.5 Å². The van der Waals surface area contributed by atoms with Crippen LogP contribution >= 0.6 is 38.9 Å². The van der Waals surface area contributed by atoms with Crippen molar-refractivity contribution >= 4 is 61.7 Å². The number of ether oxygens (including phenoxy) is 2. The highest BCUT2D eigenvalue weighted by Crippen LogP contribution is 2.45. The second-order valence-corrected chi connectivity index (χ2v) is 12.6. The third-order valence-electron chi connectivity index (χ3n) is 6.67. The summed E-state index contributed by atoms with van der Waals surface area (Å²) in [5.74, 6) is 1.70. The molecule has 0 saturated heterocycles. The standard InChI is InChI=1S/C29H32BrClN2O3S/c1-6-36-23-14-17(13-22(30)26(23)35-5)16-32-28-25(27(34)33-20-10-8-19(31)9-11-20)21-12-7-18(29(2,3)4)15-24(21)37-28/h8-11,13-14,16,18H,6-7,12,15H2,1-5H3,(H,33,34)/t18-/m0/s1. The van der Waals surface area contributed by atoms with Crippen molar-refractivity contribution in [3.05, 3.63) is 67.5 Å². The number of carbonyl (C=O) groups is 1. The van der Waals surface area contributed by atoms with Crippen LogP contribution in [-0.2, 0) is 12.8 Å². The number of fused-ring (bicyclic) bond motifs is 1.